The Labute approximate surface area is 278 Å². The minimum Gasteiger partial charge on any atom is -0.456 e. The molecule has 2 aliphatic rings. The van der Waals surface area contributed by atoms with Crippen LogP contribution in [0.3, 0.4) is 0 Å². The standard InChI is InChI=1S/C42H42N2O3/c1-4-5-6-7-8-14-25-44(32-21-19-29(2)20-22-32)33-23-24-36-40(27-33)46-39-26-30(3)38(43-31-15-10-9-11-16-31)28-37(39)42(36)35-18-13-12-17-34(35)41(45)47-42/h9-13,15-24,26-28,43H,4-8,14,25H2,1-3H3. The predicted molar refractivity (Wildman–Crippen MR) is 191 cm³/mol. The summed E-state index contributed by atoms with van der Waals surface area (Å²) in [6.45, 7) is 7.35. The van der Waals surface area contributed by atoms with Gasteiger partial charge in [0.25, 0.3) is 0 Å². The van der Waals surface area contributed by atoms with Crippen molar-refractivity contribution in [2.75, 3.05) is 16.8 Å². The van der Waals surface area contributed by atoms with Gasteiger partial charge in [0.2, 0.25) is 0 Å². The average molecular weight is 623 g/mol. The maximum atomic E-state index is 13.5. The van der Waals surface area contributed by atoms with Crippen molar-refractivity contribution in [3.05, 3.63) is 143 Å². The second-order valence-electron chi connectivity index (χ2n) is 12.8. The van der Waals surface area contributed by atoms with Crippen LogP contribution in [0.5, 0.6) is 11.5 Å². The first-order valence-corrected chi connectivity index (χ1v) is 16.9. The Morgan fingerprint density at radius 3 is 2.19 bits per heavy atom. The molecule has 0 radical (unpaired) electrons. The molecule has 0 bridgehead atoms. The number of hydrogen-bond donors (Lipinski definition) is 1. The fourth-order valence-electron chi connectivity index (χ4n) is 6.97. The molecule has 5 heteroatoms. The Morgan fingerprint density at radius 2 is 1.38 bits per heavy atom. The smallest absolute Gasteiger partial charge is 0.340 e. The van der Waals surface area contributed by atoms with E-state index >= 15 is 0 Å². The Kier molecular flexibility index (Phi) is 8.46. The topological polar surface area (TPSA) is 50.8 Å². The summed E-state index contributed by atoms with van der Waals surface area (Å²) in [5.41, 5.74) is 8.30. The van der Waals surface area contributed by atoms with Gasteiger partial charge in [0.1, 0.15) is 11.5 Å². The van der Waals surface area contributed by atoms with Crippen LogP contribution in [0, 0.1) is 13.8 Å². The third-order valence-corrected chi connectivity index (χ3v) is 9.49. The molecule has 0 saturated carbocycles. The highest BCUT2D eigenvalue weighted by molar-refractivity contribution is 5.97. The van der Waals surface area contributed by atoms with Crippen LogP contribution >= 0.6 is 0 Å². The van der Waals surface area contributed by atoms with Crippen molar-refractivity contribution in [3.63, 3.8) is 0 Å². The first kappa shape index (κ1) is 30.6. The number of esters is 1. The number of nitrogens with one attached hydrogen (secondary N) is 1. The highest BCUT2D eigenvalue weighted by Crippen LogP contribution is 2.57. The van der Waals surface area contributed by atoms with Crippen molar-refractivity contribution in [2.45, 2.75) is 64.9 Å². The Bertz CT molecular complexity index is 1900. The normalized spacial score (nSPS) is 15.8. The number of hydrogen-bond acceptors (Lipinski definition) is 5. The van der Waals surface area contributed by atoms with E-state index in [9.17, 15) is 4.79 Å². The van der Waals surface area contributed by atoms with E-state index in [1.807, 2.05) is 54.6 Å². The van der Waals surface area contributed by atoms with Crippen LogP contribution in [-0.2, 0) is 10.3 Å². The number of unbranched alkanes of at least 4 members (excludes halogenated alkanes) is 5. The van der Waals surface area contributed by atoms with Crippen LogP contribution in [0.25, 0.3) is 0 Å². The number of para-hydroxylation sites is 1. The second-order valence-corrected chi connectivity index (χ2v) is 12.8. The first-order valence-electron chi connectivity index (χ1n) is 16.9. The lowest BCUT2D eigenvalue weighted by Gasteiger charge is -2.38. The van der Waals surface area contributed by atoms with E-state index in [1.54, 1.807) is 0 Å². The van der Waals surface area contributed by atoms with Gasteiger partial charge in [-0.25, -0.2) is 4.79 Å². The molecule has 0 aliphatic carbocycles. The van der Waals surface area contributed by atoms with Crippen LogP contribution in [0.1, 0.15) is 83.6 Å². The van der Waals surface area contributed by atoms with Gasteiger partial charge in [-0.2, -0.15) is 0 Å². The van der Waals surface area contributed by atoms with E-state index in [-0.39, 0.29) is 5.97 Å². The van der Waals surface area contributed by atoms with Crippen molar-refractivity contribution in [1.82, 2.24) is 0 Å². The number of ether oxygens (including phenoxy) is 2. The minimum atomic E-state index is -1.14. The Balaban J connectivity index is 1.32. The number of fused-ring (bicyclic) bond motifs is 6. The summed E-state index contributed by atoms with van der Waals surface area (Å²) in [5.74, 6) is 1.06. The van der Waals surface area contributed by atoms with Crippen LogP contribution in [0.2, 0.25) is 0 Å². The molecule has 1 unspecified atom stereocenters. The molecule has 2 aliphatic heterocycles. The molecule has 0 aromatic heterocycles. The third-order valence-electron chi connectivity index (χ3n) is 9.49. The molecule has 7 rings (SSSR count). The number of anilines is 4. The van der Waals surface area contributed by atoms with Gasteiger partial charge in [-0.1, -0.05) is 93.1 Å². The van der Waals surface area contributed by atoms with Crippen molar-refractivity contribution < 1.29 is 14.3 Å². The van der Waals surface area contributed by atoms with Crippen molar-refractivity contribution >= 4 is 28.7 Å². The summed E-state index contributed by atoms with van der Waals surface area (Å²) >= 11 is 0. The summed E-state index contributed by atoms with van der Waals surface area (Å²) in [6, 6.07) is 37.1. The van der Waals surface area contributed by atoms with Gasteiger partial charge in [-0.05, 0) is 80.4 Å². The monoisotopic (exact) mass is 622 g/mol. The van der Waals surface area contributed by atoms with Gasteiger partial charge in [0.05, 0.1) is 5.56 Å². The zero-order valence-corrected chi connectivity index (χ0v) is 27.5. The Hall–Kier alpha value is -5.03. The van der Waals surface area contributed by atoms with Crippen molar-refractivity contribution in [2.24, 2.45) is 0 Å². The van der Waals surface area contributed by atoms with Crippen LogP contribution in [0.4, 0.5) is 22.7 Å². The summed E-state index contributed by atoms with van der Waals surface area (Å²) in [7, 11) is 0. The predicted octanol–water partition coefficient (Wildman–Crippen LogP) is 11.1. The van der Waals surface area contributed by atoms with Crippen LogP contribution in [-0.4, -0.2) is 12.5 Å². The number of carbonyl (C=O) groups is 1. The highest BCUT2D eigenvalue weighted by atomic mass is 16.6. The van der Waals surface area contributed by atoms with Crippen molar-refractivity contribution in [1.29, 1.82) is 0 Å². The van der Waals surface area contributed by atoms with Gasteiger partial charge in [-0.15, -0.1) is 0 Å². The molecular weight excluding hydrogens is 580 g/mol. The van der Waals surface area contributed by atoms with E-state index in [4.69, 9.17) is 9.47 Å². The highest BCUT2D eigenvalue weighted by Gasteiger charge is 2.53. The molecule has 0 amide bonds. The lowest BCUT2D eigenvalue weighted by Crippen LogP contribution is -2.33. The lowest BCUT2D eigenvalue weighted by molar-refractivity contribution is 0.0224. The molecule has 47 heavy (non-hydrogen) atoms. The fraction of sp³-hybridized carbons (Fsp3) is 0.262. The van der Waals surface area contributed by atoms with E-state index in [2.05, 4.69) is 85.6 Å². The largest absolute Gasteiger partial charge is 0.456 e. The molecule has 238 valence electrons. The van der Waals surface area contributed by atoms with Gasteiger partial charge in [-0.3, -0.25) is 0 Å². The first-order chi connectivity index (χ1) is 23.0. The number of carbonyl (C=O) groups excluding carboxylic acids is 1. The maximum Gasteiger partial charge on any atom is 0.340 e. The fourth-order valence-corrected chi connectivity index (χ4v) is 6.97. The molecule has 2 heterocycles. The van der Waals surface area contributed by atoms with Gasteiger partial charge in [0, 0.05) is 52.1 Å². The Morgan fingerprint density at radius 1 is 0.681 bits per heavy atom. The maximum absolute atomic E-state index is 13.5. The average Bonchev–Trinajstić information content (AvgIpc) is 3.38. The van der Waals surface area contributed by atoms with Crippen molar-refractivity contribution in [3.8, 4) is 11.5 Å². The van der Waals surface area contributed by atoms with Crippen LogP contribution < -0.4 is 15.0 Å². The van der Waals surface area contributed by atoms with E-state index in [1.165, 1.54) is 37.7 Å². The summed E-state index contributed by atoms with van der Waals surface area (Å²) in [6.07, 6.45) is 7.39. The number of benzene rings is 5. The lowest BCUT2D eigenvalue weighted by atomic mass is 9.77. The van der Waals surface area contributed by atoms with Gasteiger partial charge < -0.3 is 19.7 Å². The van der Waals surface area contributed by atoms with Crippen LogP contribution in [0.15, 0.2) is 109 Å². The van der Waals surface area contributed by atoms with Gasteiger partial charge in [0.15, 0.2) is 5.60 Å². The molecule has 0 fully saturated rings. The molecule has 1 spiro atoms. The zero-order valence-electron chi connectivity index (χ0n) is 27.5. The second kappa shape index (κ2) is 13.0. The summed E-state index contributed by atoms with van der Waals surface area (Å²) < 4.78 is 13.3. The summed E-state index contributed by atoms with van der Waals surface area (Å²) in [4.78, 5) is 15.9. The summed E-state index contributed by atoms with van der Waals surface area (Å²) in [5, 5.41) is 3.57. The third kappa shape index (κ3) is 5.76. The van der Waals surface area contributed by atoms with E-state index < -0.39 is 5.60 Å². The minimum absolute atomic E-state index is 0.328. The molecule has 5 aromatic rings. The number of nitrogens with zero attached hydrogens (tertiary/aromatic N) is 1. The molecular formula is C42H42N2O3. The van der Waals surface area contributed by atoms with E-state index in [0.717, 1.165) is 58.0 Å². The molecule has 1 atom stereocenters. The number of aryl methyl sites for hydroxylation is 2. The molecule has 1 N–H and O–H groups in total. The quantitative estimate of drug-likeness (QED) is 0.117. The molecule has 5 aromatic carbocycles. The van der Waals surface area contributed by atoms with E-state index in [0.29, 0.717) is 17.1 Å². The zero-order chi connectivity index (χ0) is 32.4. The SMILES string of the molecule is CCCCCCCCN(c1ccc(C)cc1)c1ccc2c(c1)Oc1cc(C)c(Nc3ccccc3)cc1C21OC(=O)c2ccccc21. The molecule has 0 saturated heterocycles. The van der Waals surface area contributed by atoms with Gasteiger partial charge >= 0.3 is 5.97 Å². The molecule has 5 nitrogen and oxygen atoms in total. The number of rotatable bonds is 11.